The first kappa shape index (κ1) is 18.7. The molecule has 4 aliphatic carbocycles. The minimum absolute atomic E-state index is 0.0591. The third-order valence-electron chi connectivity index (χ3n) is 9.40. The highest BCUT2D eigenvalue weighted by Crippen LogP contribution is 2.69. The van der Waals surface area contributed by atoms with Crippen molar-refractivity contribution in [3.05, 3.63) is 0 Å². The molecular formula is C21H34O5. The molecule has 9 atom stereocenters. The Morgan fingerprint density at radius 2 is 1.73 bits per heavy atom. The van der Waals surface area contributed by atoms with E-state index in [0.717, 1.165) is 32.1 Å². The van der Waals surface area contributed by atoms with Gasteiger partial charge in [0.1, 0.15) is 0 Å². The van der Waals surface area contributed by atoms with E-state index in [1.807, 2.05) is 6.92 Å². The fourth-order valence-electron chi connectivity index (χ4n) is 7.71. The number of hydrogen-bond acceptors (Lipinski definition) is 5. The molecule has 0 aromatic carbocycles. The third-order valence-corrected chi connectivity index (χ3v) is 9.40. The van der Waals surface area contributed by atoms with Crippen molar-refractivity contribution in [3.8, 4) is 0 Å². The largest absolute Gasteiger partial charge is 0.469 e. The Kier molecular flexibility index (Phi) is 4.26. The molecular weight excluding hydrogens is 332 g/mol. The predicted octanol–water partition coefficient (Wildman–Crippen LogP) is 2.26. The van der Waals surface area contributed by atoms with E-state index < -0.39 is 23.0 Å². The molecule has 4 saturated carbocycles. The average molecular weight is 366 g/mol. The summed E-state index contributed by atoms with van der Waals surface area (Å²) in [5.74, 6) is 0.0829. The van der Waals surface area contributed by atoms with E-state index in [1.165, 1.54) is 7.11 Å². The van der Waals surface area contributed by atoms with E-state index in [9.17, 15) is 20.1 Å². The lowest BCUT2D eigenvalue weighted by Gasteiger charge is -2.64. The van der Waals surface area contributed by atoms with E-state index in [0.29, 0.717) is 25.2 Å². The molecule has 0 bridgehead atoms. The molecule has 0 spiro atoms. The van der Waals surface area contributed by atoms with E-state index >= 15 is 0 Å². The molecule has 5 nitrogen and oxygen atoms in total. The molecule has 4 fully saturated rings. The molecule has 4 aliphatic rings. The quantitative estimate of drug-likeness (QED) is 0.620. The highest BCUT2D eigenvalue weighted by Gasteiger charge is 2.71. The molecule has 3 N–H and O–H groups in total. The summed E-state index contributed by atoms with van der Waals surface area (Å²) in [7, 11) is 1.39. The summed E-state index contributed by atoms with van der Waals surface area (Å²) in [6.45, 7) is 4.22. The molecule has 0 aliphatic heterocycles. The van der Waals surface area contributed by atoms with Crippen LogP contribution in [0.25, 0.3) is 0 Å². The van der Waals surface area contributed by atoms with Crippen LogP contribution in [-0.2, 0) is 9.53 Å². The second-order valence-electron chi connectivity index (χ2n) is 9.99. The Hall–Kier alpha value is -0.650. The number of aliphatic hydroxyl groups excluding tert-OH is 2. The van der Waals surface area contributed by atoms with Crippen molar-refractivity contribution < 1.29 is 24.9 Å². The molecule has 148 valence electrons. The standard InChI is InChI=1S/C21H34O5/c1-19-8-6-13(22)10-12(19)4-5-14-16(19)11-17(23)20(2)15(18(24)26-3)7-9-21(14,20)25/h12-17,22-23,25H,4-11H2,1-3H3/t12-,13+,14-,15-,16+,17-,19+,20+,21+/m1/s1. The summed E-state index contributed by atoms with van der Waals surface area (Å²) in [6, 6.07) is 0. The summed E-state index contributed by atoms with van der Waals surface area (Å²) in [4.78, 5) is 12.4. The summed E-state index contributed by atoms with van der Waals surface area (Å²) in [6.07, 6.45) is 5.42. The van der Waals surface area contributed by atoms with Gasteiger partial charge in [-0.25, -0.2) is 0 Å². The lowest BCUT2D eigenvalue weighted by atomic mass is 9.42. The third kappa shape index (κ3) is 2.17. The van der Waals surface area contributed by atoms with Gasteiger partial charge in [0, 0.05) is 5.41 Å². The number of hydrogen-bond donors (Lipinski definition) is 3. The first-order valence-corrected chi connectivity index (χ1v) is 10.3. The number of aliphatic hydroxyl groups is 3. The SMILES string of the molecule is COC(=O)[C@H]1CC[C@]2(O)[C@@H]3CC[C@@H]4C[C@@H](O)CC[C@]4(C)[C@H]3C[C@@H](O)[C@]12C. The number of esters is 1. The van der Waals surface area contributed by atoms with Crippen LogP contribution in [0.1, 0.15) is 65.2 Å². The molecule has 0 aromatic rings. The minimum atomic E-state index is -1.02. The number of carbonyl (C=O) groups excluding carboxylic acids is 1. The Morgan fingerprint density at radius 3 is 2.42 bits per heavy atom. The molecule has 0 heterocycles. The minimum Gasteiger partial charge on any atom is -0.469 e. The van der Waals surface area contributed by atoms with Crippen LogP contribution in [0.4, 0.5) is 0 Å². The van der Waals surface area contributed by atoms with Crippen LogP contribution in [0.15, 0.2) is 0 Å². The Labute approximate surface area is 156 Å². The zero-order valence-electron chi connectivity index (χ0n) is 16.3. The number of carbonyl (C=O) groups is 1. The summed E-state index contributed by atoms with van der Waals surface area (Å²) in [5, 5.41) is 33.2. The van der Waals surface area contributed by atoms with Gasteiger partial charge >= 0.3 is 5.97 Å². The highest BCUT2D eigenvalue weighted by molar-refractivity contribution is 5.74. The number of rotatable bonds is 1. The van der Waals surface area contributed by atoms with Gasteiger partial charge in [-0.05, 0) is 74.5 Å². The zero-order chi connectivity index (χ0) is 18.9. The van der Waals surface area contributed by atoms with E-state index in [1.54, 1.807) is 0 Å². The van der Waals surface area contributed by atoms with Crippen molar-refractivity contribution in [2.75, 3.05) is 7.11 Å². The zero-order valence-corrected chi connectivity index (χ0v) is 16.3. The highest BCUT2D eigenvalue weighted by atomic mass is 16.5. The van der Waals surface area contributed by atoms with Crippen molar-refractivity contribution in [2.45, 2.75) is 83.0 Å². The van der Waals surface area contributed by atoms with Crippen molar-refractivity contribution in [1.82, 2.24) is 0 Å². The molecule has 0 saturated heterocycles. The van der Waals surface area contributed by atoms with E-state index in [-0.39, 0.29) is 29.3 Å². The number of methoxy groups -OCH3 is 1. The Bertz CT molecular complexity index is 593. The molecule has 0 aromatic heterocycles. The molecule has 0 amide bonds. The summed E-state index contributed by atoms with van der Waals surface area (Å²) < 4.78 is 5.01. The lowest BCUT2D eigenvalue weighted by molar-refractivity contribution is -0.248. The summed E-state index contributed by atoms with van der Waals surface area (Å²) in [5.41, 5.74) is -1.79. The number of fused-ring (bicyclic) bond motifs is 5. The Morgan fingerprint density at radius 1 is 1.00 bits per heavy atom. The lowest BCUT2D eigenvalue weighted by Crippen LogP contribution is -2.67. The first-order chi connectivity index (χ1) is 12.2. The topological polar surface area (TPSA) is 87.0 Å². The van der Waals surface area contributed by atoms with Crippen LogP contribution >= 0.6 is 0 Å². The van der Waals surface area contributed by atoms with Crippen molar-refractivity contribution in [3.63, 3.8) is 0 Å². The molecule has 0 radical (unpaired) electrons. The van der Waals surface area contributed by atoms with Gasteiger partial charge in [0.05, 0.1) is 30.8 Å². The van der Waals surface area contributed by atoms with Crippen LogP contribution in [0.3, 0.4) is 0 Å². The van der Waals surface area contributed by atoms with Gasteiger partial charge < -0.3 is 20.1 Å². The van der Waals surface area contributed by atoms with Crippen molar-refractivity contribution in [1.29, 1.82) is 0 Å². The smallest absolute Gasteiger partial charge is 0.309 e. The maximum atomic E-state index is 12.4. The fraction of sp³-hybridized carbons (Fsp3) is 0.952. The normalized spacial score (nSPS) is 56.2. The maximum absolute atomic E-state index is 12.4. The maximum Gasteiger partial charge on any atom is 0.309 e. The second kappa shape index (κ2) is 5.92. The fourth-order valence-corrected chi connectivity index (χ4v) is 7.71. The molecule has 4 rings (SSSR count). The van der Waals surface area contributed by atoms with Crippen molar-refractivity contribution >= 4 is 5.97 Å². The number of ether oxygens (including phenoxy) is 1. The second-order valence-corrected chi connectivity index (χ2v) is 9.99. The van der Waals surface area contributed by atoms with Crippen LogP contribution in [0, 0.1) is 34.5 Å². The van der Waals surface area contributed by atoms with Gasteiger partial charge in [-0.1, -0.05) is 13.8 Å². The van der Waals surface area contributed by atoms with Crippen LogP contribution < -0.4 is 0 Å². The average Bonchev–Trinajstić information content (AvgIpc) is 2.89. The van der Waals surface area contributed by atoms with Gasteiger partial charge in [-0.3, -0.25) is 4.79 Å². The van der Waals surface area contributed by atoms with Gasteiger partial charge in [0.25, 0.3) is 0 Å². The van der Waals surface area contributed by atoms with Crippen LogP contribution in [0.5, 0.6) is 0 Å². The first-order valence-electron chi connectivity index (χ1n) is 10.3. The molecule has 5 heteroatoms. The van der Waals surface area contributed by atoms with Gasteiger partial charge in [0.2, 0.25) is 0 Å². The van der Waals surface area contributed by atoms with Gasteiger partial charge in [-0.15, -0.1) is 0 Å². The van der Waals surface area contributed by atoms with E-state index in [2.05, 4.69) is 6.92 Å². The molecule has 26 heavy (non-hydrogen) atoms. The summed E-state index contributed by atoms with van der Waals surface area (Å²) >= 11 is 0. The predicted molar refractivity (Wildman–Crippen MR) is 96.1 cm³/mol. The van der Waals surface area contributed by atoms with Crippen molar-refractivity contribution in [2.24, 2.45) is 34.5 Å². The van der Waals surface area contributed by atoms with Crippen LogP contribution in [-0.4, -0.2) is 46.2 Å². The Balaban J connectivity index is 1.71. The van der Waals surface area contributed by atoms with Gasteiger partial charge in [-0.2, -0.15) is 0 Å². The monoisotopic (exact) mass is 366 g/mol. The van der Waals surface area contributed by atoms with E-state index in [4.69, 9.17) is 4.74 Å². The molecule has 0 unspecified atom stereocenters. The van der Waals surface area contributed by atoms with Gasteiger partial charge in [0.15, 0.2) is 0 Å². The van der Waals surface area contributed by atoms with Crippen LogP contribution in [0.2, 0.25) is 0 Å².